The van der Waals surface area contributed by atoms with Crippen LogP contribution in [-0.4, -0.2) is 33.7 Å². The van der Waals surface area contributed by atoms with Gasteiger partial charge in [-0.2, -0.15) is 4.98 Å². The lowest BCUT2D eigenvalue weighted by Crippen LogP contribution is -2.22. The van der Waals surface area contributed by atoms with Crippen LogP contribution in [0.25, 0.3) is 11.4 Å². The van der Waals surface area contributed by atoms with E-state index in [0.717, 1.165) is 5.56 Å². The molecule has 0 fully saturated rings. The van der Waals surface area contributed by atoms with Gasteiger partial charge in [-0.25, -0.2) is 4.79 Å². The SMILES string of the molecule is CC(=O)c1ccc(-c2noc(CCCNC(=O)O)n2)cc1. The Bertz CT molecular complexity index is 634. The van der Waals surface area contributed by atoms with Crippen LogP contribution >= 0.6 is 0 Å². The standard InChI is InChI=1S/C14H15N3O4/c1-9(18)10-4-6-11(7-5-10)13-16-12(21-17-13)3-2-8-15-14(19)20/h4-7,15H,2-3,8H2,1H3,(H,19,20). The Labute approximate surface area is 121 Å². The fourth-order valence-electron chi connectivity index (χ4n) is 1.76. The lowest BCUT2D eigenvalue weighted by atomic mass is 10.1. The van der Waals surface area contributed by atoms with Crippen LogP contribution in [0, 0.1) is 0 Å². The van der Waals surface area contributed by atoms with Crippen molar-refractivity contribution in [3.05, 3.63) is 35.7 Å². The third-order valence-electron chi connectivity index (χ3n) is 2.86. The summed E-state index contributed by atoms with van der Waals surface area (Å²) in [6.45, 7) is 1.84. The van der Waals surface area contributed by atoms with Gasteiger partial charge in [0.1, 0.15) is 0 Å². The molecule has 7 heteroatoms. The van der Waals surface area contributed by atoms with Gasteiger partial charge in [0.2, 0.25) is 11.7 Å². The average molecular weight is 289 g/mol. The van der Waals surface area contributed by atoms with Gasteiger partial charge in [-0.15, -0.1) is 0 Å². The quantitative estimate of drug-likeness (QED) is 0.623. The van der Waals surface area contributed by atoms with E-state index in [2.05, 4.69) is 15.5 Å². The normalized spacial score (nSPS) is 10.3. The molecule has 0 spiro atoms. The number of rotatable bonds is 6. The molecule has 1 aromatic heterocycles. The fraction of sp³-hybridized carbons (Fsp3) is 0.286. The summed E-state index contributed by atoms with van der Waals surface area (Å²) in [5, 5.41) is 14.6. The van der Waals surface area contributed by atoms with E-state index < -0.39 is 6.09 Å². The average Bonchev–Trinajstić information content (AvgIpc) is 2.92. The van der Waals surface area contributed by atoms with Gasteiger partial charge in [0.15, 0.2) is 5.78 Å². The Kier molecular flexibility index (Phi) is 4.65. The second-order valence-corrected chi connectivity index (χ2v) is 4.48. The first-order valence-corrected chi connectivity index (χ1v) is 6.47. The molecule has 0 radical (unpaired) electrons. The predicted octanol–water partition coefficient (Wildman–Crippen LogP) is 2.14. The van der Waals surface area contributed by atoms with Crippen LogP contribution < -0.4 is 5.32 Å². The highest BCUT2D eigenvalue weighted by Crippen LogP contribution is 2.17. The van der Waals surface area contributed by atoms with E-state index in [4.69, 9.17) is 9.63 Å². The summed E-state index contributed by atoms with van der Waals surface area (Å²) < 4.78 is 5.10. The molecule has 7 nitrogen and oxygen atoms in total. The number of aromatic nitrogens is 2. The first kappa shape index (κ1) is 14.7. The Balaban J connectivity index is 1.96. The van der Waals surface area contributed by atoms with Gasteiger partial charge < -0.3 is 14.9 Å². The zero-order valence-electron chi connectivity index (χ0n) is 11.5. The van der Waals surface area contributed by atoms with Crippen molar-refractivity contribution < 1.29 is 19.2 Å². The number of hydrogen-bond acceptors (Lipinski definition) is 5. The zero-order valence-corrected chi connectivity index (χ0v) is 11.5. The maximum atomic E-state index is 11.2. The topological polar surface area (TPSA) is 105 Å². The van der Waals surface area contributed by atoms with Crippen molar-refractivity contribution in [1.29, 1.82) is 0 Å². The van der Waals surface area contributed by atoms with E-state index in [0.29, 0.717) is 36.7 Å². The number of carbonyl (C=O) groups is 2. The third kappa shape index (κ3) is 4.13. The summed E-state index contributed by atoms with van der Waals surface area (Å²) in [5.41, 5.74) is 1.39. The predicted molar refractivity (Wildman–Crippen MR) is 74.1 cm³/mol. The molecule has 1 aromatic carbocycles. The van der Waals surface area contributed by atoms with Gasteiger partial charge in [0, 0.05) is 24.1 Å². The van der Waals surface area contributed by atoms with Crippen LogP contribution in [0.2, 0.25) is 0 Å². The fourth-order valence-corrected chi connectivity index (χ4v) is 1.76. The van der Waals surface area contributed by atoms with Gasteiger partial charge in [-0.3, -0.25) is 4.79 Å². The number of aryl methyl sites for hydroxylation is 1. The Hall–Kier alpha value is -2.70. The third-order valence-corrected chi connectivity index (χ3v) is 2.86. The van der Waals surface area contributed by atoms with Crippen molar-refractivity contribution in [3.8, 4) is 11.4 Å². The van der Waals surface area contributed by atoms with Crippen LogP contribution in [0.5, 0.6) is 0 Å². The molecule has 2 aromatic rings. The van der Waals surface area contributed by atoms with E-state index in [1.165, 1.54) is 6.92 Å². The van der Waals surface area contributed by atoms with E-state index in [1.54, 1.807) is 24.3 Å². The Morgan fingerprint density at radius 3 is 2.62 bits per heavy atom. The van der Waals surface area contributed by atoms with Crippen molar-refractivity contribution >= 4 is 11.9 Å². The van der Waals surface area contributed by atoms with Crippen molar-refractivity contribution in [1.82, 2.24) is 15.5 Å². The Morgan fingerprint density at radius 1 is 1.29 bits per heavy atom. The van der Waals surface area contributed by atoms with E-state index >= 15 is 0 Å². The molecule has 0 aliphatic rings. The van der Waals surface area contributed by atoms with E-state index in [1.807, 2.05) is 0 Å². The largest absolute Gasteiger partial charge is 0.465 e. The first-order chi connectivity index (χ1) is 10.1. The lowest BCUT2D eigenvalue weighted by Gasteiger charge is -1.97. The molecule has 0 saturated heterocycles. The number of nitrogens with one attached hydrogen (secondary N) is 1. The molecule has 0 atom stereocenters. The number of carbonyl (C=O) groups excluding carboxylic acids is 1. The van der Waals surface area contributed by atoms with Crippen molar-refractivity contribution in [3.63, 3.8) is 0 Å². The highest BCUT2D eigenvalue weighted by Gasteiger charge is 2.09. The second kappa shape index (κ2) is 6.65. The monoisotopic (exact) mass is 289 g/mol. The van der Waals surface area contributed by atoms with E-state index in [-0.39, 0.29) is 5.78 Å². The summed E-state index contributed by atoms with van der Waals surface area (Å²) >= 11 is 0. The molecular weight excluding hydrogens is 274 g/mol. The van der Waals surface area contributed by atoms with Gasteiger partial charge in [-0.1, -0.05) is 29.4 Å². The lowest BCUT2D eigenvalue weighted by molar-refractivity contribution is 0.101. The molecule has 21 heavy (non-hydrogen) atoms. The summed E-state index contributed by atoms with van der Waals surface area (Å²) in [5.74, 6) is 0.903. The van der Waals surface area contributed by atoms with Crippen LogP contribution in [0.3, 0.4) is 0 Å². The van der Waals surface area contributed by atoms with Crippen molar-refractivity contribution in [2.75, 3.05) is 6.54 Å². The highest BCUT2D eigenvalue weighted by atomic mass is 16.5. The van der Waals surface area contributed by atoms with Gasteiger partial charge in [-0.05, 0) is 13.3 Å². The molecule has 0 aliphatic heterocycles. The highest BCUT2D eigenvalue weighted by molar-refractivity contribution is 5.94. The van der Waals surface area contributed by atoms with Crippen LogP contribution in [0.4, 0.5) is 4.79 Å². The molecule has 0 unspecified atom stereocenters. The van der Waals surface area contributed by atoms with Crippen LogP contribution in [0.1, 0.15) is 29.6 Å². The smallest absolute Gasteiger partial charge is 0.404 e. The van der Waals surface area contributed by atoms with Crippen molar-refractivity contribution in [2.45, 2.75) is 19.8 Å². The van der Waals surface area contributed by atoms with E-state index in [9.17, 15) is 9.59 Å². The molecule has 1 amide bonds. The molecule has 0 saturated carbocycles. The maximum Gasteiger partial charge on any atom is 0.404 e. The molecule has 2 N–H and O–H groups in total. The number of nitrogens with zero attached hydrogens (tertiary/aromatic N) is 2. The summed E-state index contributed by atoms with van der Waals surface area (Å²) in [7, 11) is 0. The van der Waals surface area contributed by atoms with Gasteiger partial charge >= 0.3 is 6.09 Å². The first-order valence-electron chi connectivity index (χ1n) is 6.47. The minimum atomic E-state index is -1.05. The molecule has 0 aliphatic carbocycles. The molecule has 110 valence electrons. The van der Waals surface area contributed by atoms with Crippen LogP contribution in [-0.2, 0) is 6.42 Å². The minimum absolute atomic E-state index is 0.00119. The number of hydrogen-bond donors (Lipinski definition) is 2. The molecular formula is C14H15N3O4. The Morgan fingerprint density at radius 2 is 2.00 bits per heavy atom. The number of amides is 1. The maximum absolute atomic E-state index is 11.2. The summed E-state index contributed by atoms with van der Waals surface area (Å²) in [6.07, 6.45) is 0.0301. The second-order valence-electron chi connectivity index (χ2n) is 4.48. The summed E-state index contributed by atoms with van der Waals surface area (Å²) in [6, 6.07) is 6.95. The number of ketones is 1. The minimum Gasteiger partial charge on any atom is -0.465 e. The van der Waals surface area contributed by atoms with Crippen molar-refractivity contribution in [2.24, 2.45) is 0 Å². The number of benzene rings is 1. The molecule has 0 bridgehead atoms. The van der Waals surface area contributed by atoms with Crippen LogP contribution in [0.15, 0.2) is 28.8 Å². The van der Waals surface area contributed by atoms with Gasteiger partial charge in [0.05, 0.1) is 0 Å². The molecule has 1 heterocycles. The number of Topliss-reactive ketones (excluding diaryl/α,β-unsaturated/α-hetero) is 1. The summed E-state index contributed by atoms with van der Waals surface area (Å²) in [4.78, 5) is 25.7. The zero-order chi connectivity index (χ0) is 15.2. The number of carboxylic acid groups (broad SMARTS) is 1. The van der Waals surface area contributed by atoms with Gasteiger partial charge in [0.25, 0.3) is 0 Å². The molecule has 2 rings (SSSR count).